The molecule has 14 heavy (non-hydrogen) atoms. The maximum absolute atomic E-state index is 3.52. The predicted octanol–water partition coefficient (Wildman–Crippen LogP) is 4.19. The van der Waals surface area contributed by atoms with Crippen LogP contribution in [0.1, 0.15) is 19.4 Å². The third kappa shape index (κ3) is 2.74. The van der Waals surface area contributed by atoms with Crippen molar-refractivity contribution in [1.82, 2.24) is 0 Å². The summed E-state index contributed by atoms with van der Waals surface area (Å²) in [6.07, 6.45) is 0. The van der Waals surface area contributed by atoms with Crippen LogP contribution < -0.4 is 4.90 Å². The van der Waals surface area contributed by atoms with Crippen LogP contribution in [-0.4, -0.2) is 13.1 Å². The van der Waals surface area contributed by atoms with E-state index in [1.54, 1.807) is 0 Å². The van der Waals surface area contributed by atoms with Crippen molar-refractivity contribution in [3.8, 4) is 0 Å². The maximum Gasteiger partial charge on any atom is 0.0418 e. The fourth-order valence-corrected chi connectivity index (χ4v) is 2.33. The monoisotopic (exact) mass is 319 g/mol. The molecule has 0 N–H and O–H groups in total. The molecule has 0 saturated heterocycles. The molecule has 0 radical (unpaired) electrons. The number of nitrogens with zero attached hydrogens (tertiary/aromatic N) is 1. The molecule has 0 aliphatic carbocycles. The number of anilines is 1. The van der Waals surface area contributed by atoms with Crippen molar-refractivity contribution in [2.24, 2.45) is 0 Å². The summed E-state index contributed by atoms with van der Waals surface area (Å²) in [7, 11) is 0. The number of hydrogen-bond donors (Lipinski definition) is 0. The molecular formula is C11H15Br2N. The smallest absolute Gasteiger partial charge is 0.0418 e. The Hall–Kier alpha value is -0.0200. The predicted molar refractivity (Wildman–Crippen MR) is 70.3 cm³/mol. The molecule has 0 saturated carbocycles. The third-order valence-corrected chi connectivity index (χ3v) is 3.39. The number of alkyl halides is 1. The highest BCUT2D eigenvalue weighted by molar-refractivity contribution is 9.10. The van der Waals surface area contributed by atoms with E-state index in [2.05, 4.69) is 68.8 Å². The summed E-state index contributed by atoms with van der Waals surface area (Å²) in [6.45, 7) is 6.46. The SMILES string of the molecule is CCN(CC)c1cc(Br)ccc1CBr. The van der Waals surface area contributed by atoms with Crippen LogP contribution in [0, 0.1) is 0 Å². The van der Waals surface area contributed by atoms with E-state index in [1.165, 1.54) is 11.3 Å². The van der Waals surface area contributed by atoms with Gasteiger partial charge >= 0.3 is 0 Å². The van der Waals surface area contributed by atoms with Crippen LogP contribution in [0.25, 0.3) is 0 Å². The van der Waals surface area contributed by atoms with E-state index in [4.69, 9.17) is 0 Å². The minimum Gasteiger partial charge on any atom is -0.372 e. The molecule has 0 unspecified atom stereocenters. The van der Waals surface area contributed by atoms with Crippen molar-refractivity contribution in [2.45, 2.75) is 19.2 Å². The summed E-state index contributed by atoms with van der Waals surface area (Å²) < 4.78 is 1.14. The molecule has 0 fully saturated rings. The number of rotatable bonds is 4. The molecule has 0 bridgehead atoms. The van der Waals surface area contributed by atoms with Crippen LogP contribution in [-0.2, 0) is 5.33 Å². The lowest BCUT2D eigenvalue weighted by Gasteiger charge is -2.23. The topological polar surface area (TPSA) is 3.24 Å². The Bertz CT molecular complexity index is 295. The van der Waals surface area contributed by atoms with E-state index in [0.29, 0.717) is 0 Å². The second-order valence-electron chi connectivity index (χ2n) is 3.08. The lowest BCUT2D eigenvalue weighted by molar-refractivity contribution is 0.861. The third-order valence-electron chi connectivity index (χ3n) is 2.30. The molecule has 1 aromatic rings. The van der Waals surface area contributed by atoms with Crippen molar-refractivity contribution < 1.29 is 0 Å². The van der Waals surface area contributed by atoms with E-state index in [0.717, 1.165) is 22.9 Å². The molecule has 0 aromatic heterocycles. The van der Waals surface area contributed by atoms with Crippen LogP contribution in [0.2, 0.25) is 0 Å². The van der Waals surface area contributed by atoms with Gasteiger partial charge in [0.1, 0.15) is 0 Å². The Labute approximate surface area is 103 Å². The average Bonchev–Trinajstić information content (AvgIpc) is 2.20. The van der Waals surface area contributed by atoms with Gasteiger partial charge in [-0.3, -0.25) is 0 Å². The Morgan fingerprint density at radius 2 is 1.86 bits per heavy atom. The summed E-state index contributed by atoms with van der Waals surface area (Å²) in [5.41, 5.74) is 2.66. The van der Waals surface area contributed by atoms with Crippen LogP contribution in [0.4, 0.5) is 5.69 Å². The largest absolute Gasteiger partial charge is 0.372 e. The fraction of sp³-hybridized carbons (Fsp3) is 0.455. The lowest BCUT2D eigenvalue weighted by atomic mass is 10.2. The Morgan fingerprint density at radius 1 is 1.21 bits per heavy atom. The summed E-state index contributed by atoms with van der Waals surface area (Å²) in [4.78, 5) is 2.36. The van der Waals surface area contributed by atoms with Crippen molar-refractivity contribution in [3.05, 3.63) is 28.2 Å². The molecule has 0 aliphatic rings. The molecule has 1 nitrogen and oxygen atoms in total. The molecule has 0 spiro atoms. The highest BCUT2D eigenvalue weighted by atomic mass is 79.9. The highest BCUT2D eigenvalue weighted by Gasteiger charge is 2.07. The molecular weight excluding hydrogens is 306 g/mol. The van der Waals surface area contributed by atoms with Gasteiger partial charge in [-0.2, -0.15) is 0 Å². The van der Waals surface area contributed by atoms with Crippen LogP contribution in [0.3, 0.4) is 0 Å². The zero-order valence-corrected chi connectivity index (χ0v) is 11.7. The van der Waals surface area contributed by atoms with Crippen molar-refractivity contribution in [1.29, 1.82) is 0 Å². The second-order valence-corrected chi connectivity index (χ2v) is 4.56. The Balaban J connectivity index is 3.08. The molecule has 0 amide bonds. The van der Waals surface area contributed by atoms with E-state index in [9.17, 15) is 0 Å². The van der Waals surface area contributed by atoms with Gasteiger partial charge in [0.25, 0.3) is 0 Å². The van der Waals surface area contributed by atoms with Crippen molar-refractivity contribution >= 4 is 37.5 Å². The van der Waals surface area contributed by atoms with Gasteiger partial charge in [-0.15, -0.1) is 0 Å². The molecule has 78 valence electrons. The Kier molecular flexibility index (Phi) is 4.96. The summed E-state index contributed by atoms with van der Waals surface area (Å²) in [5, 5.41) is 0.909. The number of benzene rings is 1. The standard InChI is InChI=1S/C11H15Br2N/c1-3-14(4-2)11-7-10(13)6-5-9(11)8-12/h5-7H,3-4,8H2,1-2H3. The van der Waals surface area contributed by atoms with Crippen molar-refractivity contribution in [3.63, 3.8) is 0 Å². The van der Waals surface area contributed by atoms with E-state index in [1.807, 2.05) is 0 Å². The highest BCUT2D eigenvalue weighted by Crippen LogP contribution is 2.26. The van der Waals surface area contributed by atoms with Crippen LogP contribution in [0.5, 0.6) is 0 Å². The van der Waals surface area contributed by atoms with E-state index in [-0.39, 0.29) is 0 Å². The van der Waals surface area contributed by atoms with Crippen LogP contribution >= 0.6 is 31.9 Å². The first-order valence-electron chi connectivity index (χ1n) is 4.82. The number of hydrogen-bond acceptors (Lipinski definition) is 1. The van der Waals surface area contributed by atoms with Crippen LogP contribution in [0.15, 0.2) is 22.7 Å². The van der Waals surface area contributed by atoms with Gasteiger partial charge in [-0.05, 0) is 31.5 Å². The minimum absolute atomic E-state index is 0.909. The van der Waals surface area contributed by atoms with Gasteiger partial charge in [-0.1, -0.05) is 37.9 Å². The zero-order chi connectivity index (χ0) is 10.6. The maximum atomic E-state index is 3.52. The first kappa shape index (κ1) is 12.1. The fourth-order valence-electron chi connectivity index (χ4n) is 1.51. The average molecular weight is 321 g/mol. The zero-order valence-electron chi connectivity index (χ0n) is 8.56. The quantitative estimate of drug-likeness (QED) is 0.752. The molecule has 0 aliphatic heterocycles. The van der Waals surface area contributed by atoms with E-state index < -0.39 is 0 Å². The lowest BCUT2D eigenvalue weighted by Crippen LogP contribution is -2.22. The van der Waals surface area contributed by atoms with Gasteiger partial charge in [-0.25, -0.2) is 0 Å². The molecule has 0 heterocycles. The second kappa shape index (κ2) is 5.76. The van der Waals surface area contributed by atoms with Gasteiger partial charge in [0.2, 0.25) is 0 Å². The number of halogens is 2. The summed E-state index contributed by atoms with van der Waals surface area (Å²) in [5.74, 6) is 0. The minimum atomic E-state index is 0.909. The Morgan fingerprint density at radius 3 is 2.36 bits per heavy atom. The van der Waals surface area contributed by atoms with Gasteiger partial charge in [0, 0.05) is 28.6 Å². The summed E-state index contributed by atoms with van der Waals surface area (Å²) >= 11 is 7.03. The normalized spacial score (nSPS) is 10.3. The summed E-state index contributed by atoms with van der Waals surface area (Å²) in [6, 6.07) is 6.43. The van der Waals surface area contributed by atoms with Gasteiger partial charge < -0.3 is 4.90 Å². The van der Waals surface area contributed by atoms with Gasteiger partial charge in [0.05, 0.1) is 0 Å². The first-order valence-corrected chi connectivity index (χ1v) is 6.73. The molecule has 0 atom stereocenters. The van der Waals surface area contributed by atoms with Gasteiger partial charge in [0.15, 0.2) is 0 Å². The molecule has 1 aromatic carbocycles. The van der Waals surface area contributed by atoms with E-state index >= 15 is 0 Å². The molecule has 3 heteroatoms. The van der Waals surface area contributed by atoms with Crippen molar-refractivity contribution in [2.75, 3.05) is 18.0 Å². The first-order chi connectivity index (χ1) is 6.72. The molecule has 1 rings (SSSR count).